The number of hydrogen-bond donors (Lipinski definition) is 1. The minimum Gasteiger partial charge on any atom is -0.497 e. The van der Waals surface area contributed by atoms with Gasteiger partial charge in [-0.3, -0.25) is 9.10 Å². The third kappa shape index (κ3) is 5.91. The standard InChI is InChI=1S/C23H30N2O5S/c1-4-22(25(31(3,27)28)18-8-7-11-21(16-18)29-2)23(26)24-17-12-14-20(15-13-17)30-19-9-5-6-10-19/h7-8,11-16,19,22H,4-6,9-10H2,1-3H3,(H,24,26). The van der Waals surface area contributed by atoms with Crippen molar-refractivity contribution in [3.8, 4) is 11.5 Å². The molecule has 0 heterocycles. The zero-order valence-electron chi connectivity index (χ0n) is 18.2. The maximum Gasteiger partial charge on any atom is 0.248 e. The van der Waals surface area contributed by atoms with Crippen LogP contribution in [0.15, 0.2) is 48.5 Å². The Morgan fingerprint density at radius 3 is 2.39 bits per heavy atom. The van der Waals surface area contributed by atoms with Crippen LogP contribution in [0, 0.1) is 0 Å². The Morgan fingerprint density at radius 2 is 1.81 bits per heavy atom. The van der Waals surface area contributed by atoms with Crippen molar-refractivity contribution >= 4 is 27.3 Å². The fraction of sp³-hybridized carbons (Fsp3) is 0.435. The lowest BCUT2D eigenvalue weighted by atomic mass is 10.1. The largest absolute Gasteiger partial charge is 0.497 e. The first-order valence-corrected chi connectivity index (χ1v) is 12.4. The van der Waals surface area contributed by atoms with E-state index in [4.69, 9.17) is 9.47 Å². The molecule has 31 heavy (non-hydrogen) atoms. The zero-order chi connectivity index (χ0) is 22.4. The molecule has 8 heteroatoms. The van der Waals surface area contributed by atoms with Gasteiger partial charge < -0.3 is 14.8 Å². The predicted octanol–water partition coefficient (Wildman–Crippen LogP) is 4.20. The topological polar surface area (TPSA) is 84.9 Å². The normalized spacial score (nSPS) is 15.3. The summed E-state index contributed by atoms with van der Waals surface area (Å²) < 4.78 is 37.5. The van der Waals surface area contributed by atoms with Gasteiger partial charge in [0.1, 0.15) is 17.5 Å². The van der Waals surface area contributed by atoms with Gasteiger partial charge in [-0.05, 0) is 68.5 Å². The molecule has 1 atom stereocenters. The van der Waals surface area contributed by atoms with Crippen molar-refractivity contribution in [2.24, 2.45) is 0 Å². The number of anilines is 2. The second kappa shape index (κ2) is 10.0. The fourth-order valence-corrected chi connectivity index (χ4v) is 5.05. The van der Waals surface area contributed by atoms with Crippen LogP contribution in [0.25, 0.3) is 0 Å². The van der Waals surface area contributed by atoms with Crippen molar-refractivity contribution in [3.63, 3.8) is 0 Å². The number of ether oxygens (including phenoxy) is 2. The number of benzene rings is 2. The summed E-state index contributed by atoms with van der Waals surface area (Å²) in [4.78, 5) is 13.0. The van der Waals surface area contributed by atoms with Crippen LogP contribution in [-0.4, -0.2) is 39.8 Å². The van der Waals surface area contributed by atoms with Crippen LogP contribution in [0.1, 0.15) is 39.0 Å². The molecule has 0 aliphatic heterocycles. The zero-order valence-corrected chi connectivity index (χ0v) is 19.0. The first kappa shape index (κ1) is 22.9. The number of nitrogens with one attached hydrogen (secondary N) is 1. The molecule has 1 saturated carbocycles. The SMILES string of the molecule is CCC(C(=O)Nc1ccc(OC2CCCC2)cc1)N(c1cccc(OC)c1)S(C)(=O)=O. The molecule has 1 aliphatic rings. The number of sulfonamides is 1. The number of carbonyl (C=O) groups is 1. The summed E-state index contributed by atoms with van der Waals surface area (Å²) in [6, 6.07) is 12.9. The molecule has 0 radical (unpaired) electrons. The summed E-state index contributed by atoms with van der Waals surface area (Å²) >= 11 is 0. The van der Waals surface area contributed by atoms with E-state index in [1.165, 1.54) is 20.0 Å². The Balaban J connectivity index is 1.76. The highest BCUT2D eigenvalue weighted by Gasteiger charge is 2.31. The van der Waals surface area contributed by atoms with E-state index in [0.717, 1.165) is 29.2 Å². The number of methoxy groups -OCH3 is 1. The highest BCUT2D eigenvalue weighted by atomic mass is 32.2. The molecule has 0 spiro atoms. The van der Waals surface area contributed by atoms with Gasteiger partial charge in [0.05, 0.1) is 25.2 Å². The quantitative estimate of drug-likeness (QED) is 0.624. The van der Waals surface area contributed by atoms with Gasteiger partial charge in [-0.15, -0.1) is 0 Å². The van der Waals surface area contributed by atoms with Crippen molar-refractivity contribution in [1.82, 2.24) is 0 Å². The predicted molar refractivity (Wildman–Crippen MR) is 122 cm³/mol. The molecule has 1 aliphatic carbocycles. The molecule has 1 N–H and O–H groups in total. The van der Waals surface area contributed by atoms with E-state index >= 15 is 0 Å². The smallest absolute Gasteiger partial charge is 0.248 e. The van der Waals surface area contributed by atoms with Gasteiger partial charge in [0.15, 0.2) is 0 Å². The molecule has 0 bridgehead atoms. The van der Waals surface area contributed by atoms with Crippen LogP contribution < -0.4 is 19.1 Å². The Kier molecular flexibility index (Phi) is 7.43. The van der Waals surface area contributed by atoms with E-state index in [0.29, 0.717) is 23.5 Å². The van der Waals surface area contributed by atoms with Gasteiger partial charge in [0, 0.05) is 11.8 Å². The first-order valence-electron chi connectivity index (χ1n) is 10.5. The molecular formula is C23H30N2O5S. The average Bonchev–Trinajstić information content (AvgIpc) is 3.25. The number of amides is 1. The molecular weight excluding hydrogens is 416 g/mol. The van der Waals surface area contributed by atoms with Crippen LogP contribution in [0.5, 0.6) is 11.5 Å². The van der Waals surface area contributed by atoms with Gasteiger partial charge >= 0.3 is 0 Å². The summed E-state index contributed by atoms with van der Waals surface area (Å²) in [7, 11) is -2.21. The van der Waals surface area contributed by atoms with Crippen LogP contribution in [0.3, 0.4) is 0 Å². The monoisotopic (exact) mass is 446 g/mol. The van der Waals surface area contributed by atoms with Crippen LogP contribution >= 0.6 is 0 Å². The summed E-state index contributed by atoms with van der Waals surface area (Å²) in [6.45, 7) is 1.78. The second-order valence-corrected chi connectivity index (χ2v) is 9.58. The lowest BCUT2D eigenvalue weighted by Crippen LogP contribution is -2.47. The number of nitrogens with zero attached hydrogens (tertiary/aromatic N) is 1. The maximum atomic E-state index is 13.0. The molecule has 7 nitrogen and oxygen atoms in total. The number of rotatable bonds is 9. The second-order valence-electron chi connectivity index (χ2n) is 7.72. The summed E-state index contributed by atoms with van der Waals surface area (Å²) in [6.07, 6.45) is 6.19. The molecule has 2 aromatic rings. The Hall–Kier alpha value is -2.74. The van der Waals surface area contributed by atoms with Gasteiger partial charge in [-0.1, -0.05) is 13.0 Å². The lowest BCUT2D eigenvalue weighted by Gasteiger charge is -2.30. The average molecular weight is 447 g/mol. The van der Waals surface area contributed by atoms with Crippen molar-refractivity contribution in [1.29, 1.82) is 0 Å². The van der Waals surface area contributed by atoms with Crippen LogP contribution in [0.2, 0.25) is 0 Å². The third-order valence-electron chi connectivity index (χ3n) is 5.36. The fourth-order valence-electron chi connectivity index (χ4n) is 3.85. The highest BCUT2D eigenvalue weighted by Crippen LogP contribution is 2.28. The van der Waals surface area contributed by atoms with E-state index in [1.807, 2.05) is 12.1 Å². The third-order valence-corrected chi connectivity index (χ3v) is 6.54. The van der Waals surface area contributed by atoms with Crippen LogP contribution in [-0.2, 0) is 14.8 Å². The van der Waals surface area contributed by atoms with Crippen molar-refractivity contribution in [2.45, 2.75) is 51.2 Å². The summed E-state index contributed by atoms with van der Waals surface area (Å²) in [5, 5.41) is 2.83. The van der Waals surface area contributed by atoms with Gasteiger partial charge in [0.2, 0.25) is 15.9 Å². The van der Waals surface area contributed by atoms with E-state index in [1.54, 1.807) is 43.3 Å². The maximum absolute atomic E-state index is 13.0. The van der Waals surface area contributed by atoms with Crippen LogP contribution in [0.4, 0.5) is 11.4 Å². The number of carbonyl (C=O) groups excluding carboxylic acids is 1. The van der Waals surface area contributed by atoms with E-state index in [9.17, 15) is 13.2 Å². The van der Waals surface area contributed by atoms with E-state index in [2.05, 4.69) is 5.32 Å². The van der Waals surface area contributed by atoms with Crippen molar-refractivity contribution in [3.05, 3.63) is 48.5 Å². The Morgan fingerprint density at radius 1 is 1.13 bits per heavy atom. The minimum atomic E-state index is -3.71. The molecule has 3 rings (SSSR count). The van der Waals surface area contributed by atoms with Gasteiger partial charge in [-0.25, -0.2) is 8.42 Å². The molecule has 168 valence electrons. The first-order chi connectivity index (χ1) is 14.8. The summed E-state index contributed by atoms with van der Waals surface area (Å²) in [5.74, 6) is 0.880. The molecule has 1 amide bonds. The Bertz CT molecular complexity index is 985. The molecule has 0 saturated heterocycles. The number of hydrogen-bond acceptors (Lipinski definition) is 5. The van der Waals surface area contributed by atoms with Crippen molar-refractivity contribution < 1.29 is 22.7 Å². The van der Waals surface area contributed by atoms with Crippen molar-refractivity contribution in [2.75, 3.05) is 23.0 Å². The van der Waals surface area contributed by atoms with Gasteiger partial charge in [0.25, 0.3) is 0 Å². The van der Waals surface area contributed by atoms with E-state index in [-0.39, 0.29) is 6.10 Å². The minimum absolute atomic E-state index is 0.260. The molecule has 1 unspecified atom stereocenters. The Labute approximate surface area is 184 Å². The molecule has 1 fully saturated rings. The molecule has 0 aromatic heterocycles. The summed E-state index contributed by atoms with van der Waals surface area (Å²) in [5.41, 5.74) is 0.963. The lowest BCUT2D eigenvalue weighted by molar-refractivity contribution is -0.117. The van der Waals surface area contributed by atoms with E-state index < -0.39 is 22.0 Å². The highest BCUT2D eigenvalue weighted by molar-refractivity contribution is 7.92. The molecule has 2 aromatic carbocycles. The van der Waals surface area contributed by atoms with Gasteiger partial charge in [-0.2, -0.15) is 0 Å².